The number of amides is 1. The number of hydrogen-bond donors (Lipinski definition) is 1. The third-order valence-corrected chi connectivity index (χ3v) is 5.21. The molecule has 32 heavy (non-hydrogen) atoms. The van der Waals surface area contributed by atoms with Gasteiger partial charge in [-0.05, 0) is 28.8 Å². The standard InChI is InChI=1S/C26H24FN3O2/c1-30-17-16-28-26(30)24(19-12-14-22(27)15-13-19)29-23(31)18-32-25(20-8-4-2-5-9-20)21-10-6-3-7-11-21/h2-17,24-25H,18H2,1H3,(H,29,31). The molecule has 0 saturated carbocycles. The first kappa shape index (κ1) is 21.5. The molecule has 0 aliphatic heterocycles. The molecule has 162 valence electrons. The van der Waals surface area contributed by atoms with Gasteiger partial charge in [-0.3, -0.25) is 4.79 Å². The van der Waals surface area contributed by atoms with Gasteiger partial charge in [0.1, 0.15) is 30.4 Å². The monoisotopic (exact) mass is 429 g/mol. The minimum Gasteiger partial charge on any atom is -0.359 e. The molecule has 6 heteroatoms. The molecular formula is C26H24FN3O2. The molecule has 1 N–H and O–H groups in total. The minimum atomic E-state index is -0.529. The van der Waals surface area contributed by atoms with Gasteiger partial charge in [0.05, 0.1) is 0 Å². The molecule has 0 bridgehead atoms. The molecule has 0 fully saturated rings. The molecule has 1 atom stereocenters. The Morgan fingerprint density at radius 2 is 1.53 bits per heavy atom. The molecule has 4 rings (SSSR count). The number of aromatic nitrogens is 2. The van der Waals surface area contributed by atoms with Crippen molar-refractivity contribution in [3.63, 3.8) is 0 Å². The minimum absolute atomic E-state index is 0.142. The van der Waals surface area contributed by atoms with Crippen molar-refractivity contribution in [1.29, 1.82) is 0 Å². The highest BCUT2D eigenvalue weighted by atomic mass is 19.1. The molecule has 4 aromatic rings. The highest BCUT2D eigenvalue weighted by Gasteiger charge is 2.22. The van der Waals surface area contributed by atoms with E-state index in [9.17, 15) is 9.18 Å². The molecular weight excluding hydrogens is 405 g/mol. The van der Waals surface area contributed by atoms with Crippen molar-refractivity contribution in [3.8, 4) is 0 Å². The van der Waals surface area contributed by atoms with Crippen LogP contribution in [0.3, 0.4) is 0 Å². The van der Waals surface area contributed by atoms with Crippen LogP contribution in [0.5, 0.6) is 0 Å². The Morgan fingerprint density at radius 3 is 2.06 bits per heavy atom. The summed E-state index contributed by atoms with van der Waals surface area (Å²) in [7, 11) is 1.85. The summed E-state index contributed by atoms with van der Waals surface area (Å²) in [5.41, 5.74) is 2.66. The summed E-state index contributed by atoms with van der Waals surface area (Å²) >= 11 is 0. The zero-order valence-corrected chi connectivity index (χ0v) is 17.7. The second-order valence-corrected chi connectivity index (χ2v) is 7.46. The fraction of sp³-hybridized carbons (Fsp3) is 0.154. The summed E-state index contributed by atoms with van der Waals surface area (Å²) in [4.78, 5) is 17.3. The highest BCUT2D eigenvalue weighted by molar-refractivity contribution is 5.78. The van der Waals surface area contributed by atoms with Gasteiger partial charge in [-0.15, -0.1) is 0 Å². The van der Waals surface area contributed by atoms with Crippen molar-refractivity contribution in [2.45, 2.75) is 12.1 Å². The van der Waals surface area contributed by atoms with E-state index in [-0.39, 0.29) is 24.4 Å². The van der Waals surface area contributed by atoms with Crippen LogP contribution in [0.15, 0.2) is 97.3 Å². The zero-order valence-electron chi connectivity index (χ0n) is 17.7. The van der Waals surface area contributed by atoms with Crippen LogP contribution in [-0.2, 0) is 16.6 Å². The normalized spacial score (nSPS) is 12.0. The topological polar surface area (TPSA) is 56.2 Å². The van der Waals surface area contributed by atoms with Crippen LogP contribution in [0.25, 0.3) is 0 Å². The number of halogens is 1. The number of benzene rings is 3. The maximum absolute atomic E-state index is 13.4. The van der Waals surface area contributed by atoms with E-state index in [2.05, 4.69) is 10.3 Å². The Labute approximate surface area is 186 Å². The molecule has 0 aliphatic rings. The Balaban J connectivity index is 1.52. The molecule has 1 amide bonds. The number of nitrogens with one attached hydrogen (secondary N) is 1. The lowest BCUT2D eigenvalue weighted by atomic mass is 10.0. The van der Waals surface area contributed by atoms with Gasteiger partial charge < -0.3 is 14.6 Å². The van der Waals surface area contributed by atoms with Crippen LogP contribution < -0.4 is 5.32 Å². The summed E-state index contributed by atoms with van der Waals surface area (Å²) < 4.78 is 21.3. The number of carbonyl (C=O) groups is 1. The van der Waals surface area contributed by atoms with E-state index in [0.29, 0.717) is 5.82 Å². The van der Waals surface area contributed by atoms with Gasteiger partial charge in [-0.2, -0.15) is 0 Å². The van der Waals surface area contributed by atoms with Crippen LogP contribution >= 0.6 is 0 Å². The maximum atomic E-state index is 13.4. The number of aryl methyl sites for hydroxylation is 1. The third-order valence-electron chi connectivity index (χ3n) is 5.21. The lowest BCUT2D eigenvalue weighted by Crippen LogP contribution is -2.34. The quantitative estimate of drug-likeness (QED) is 0.446. The molecule has 0 radical (unpaired) electrons. The van der Waals surface area contributed by atoms with Gasteiger partial charge in [-0.25, -0.2) is 9.37 Å². The largest absolute Gasteiger partial charge is 0.359 e. The second kappa shape index (κ2) is 10.0. The van der Waals surface area contributed by atoms with E-state index < -0.39 is 6.04 Å². The molecule has 1 unspecified atom stereocenters. The molecule has 5 nitrogen and oxygen atoms in total. The van der Waals surface area contributed by atoms with E-state index >= 15 is 0 Å². The van der Waals surface area contributed by atoms with E-state index in [4.69, 9.17) is 4.74 Å². The average molecular weight is 429 g/mol. The van der Waals surface area contributed by atoms with Crippen LogP contribution in [0.1, 0.15) is 34.7 Å². The van der Waals surface area contributed by atoms with Crippen molar-refractivity contribution < 1.29 is 13.9 Å². The van der Waals surface area contributed by atoms with Gasteiger partial charge in [0.25, 0.3) is 0 Å². The number of hydrogen-bond acceptors (Lipinski definition) is 3. The number of carbonyl (C=O) groups excluding carboxylic acids is 1. The zero-order chi connectivity index (χ0) is 22.3. The first-order valence-corrected chi connectivity index (χ1v) is 10.4. The van der Waals surface area contributed by atoms with E-state index in [1.807, 2.05) is 72.3 Å². The summed E-state index contributed by atoms with van der Waals surface area (Å²) in [5.74, 6) is 0.0161. The molecule has 1 heterocycles. The van der Waals surface area contributed by atoms with Crippen molar-refractivity contribution in [2.24, 2.45) is 7.05 Å². The Bertz CT molecular complexity index is 1110. The predicted molar refractivity (Wildman–Crippen MR) is 120 cm³/mol. The van der Waals surface area contributed by atoms with Crippen molar-refractivity contribution >= 4 is 5.91 Å². The van der Waals surface area contributed by atoms with Gasteiger partial charge in [-0.1, -0.05) is 72.8 Å². The summed E-state index contributed by atoms with van der Waals surface area (Å²) in [6.45, 7) is -0.142. The van der Waals surface area contributed by atoms with Crippen LogP contribution in [0, 0.1) is 5.82 Å². The molecule has 1 aromatic heterocycles. The summed E-state index contributed by atoms with van der Waals surface area (Å²) in [6.07, 6.45) is 3.09. The molecule has 0 spiro atoms. The van der Waals surface area contributed by atoms with E-state index in [1.165, 1.54) is 12.1 Å². The number of nitrogens with zero attached hydrogens (tertiary/aromatic N) is 2. The molecule has 0 saturated heterocycles. The van der Waals surface area contributed by atoms with Gasteiger partial charge >= 0.3 is 0 Å². The van der Waals surface area contributed by atoms with E-state index in [1.54, 1.807) is 24.5 Å². The van der Waals surface area contributed by atoms with Crippen LogP contribution in [0.4, 0.5) is 4.39 Å². The smallest absolute Gasteiger partial charge is 0.246 e. The SMILES string of the molecule is Cn1ccnc1C(NC(=O)COC(c1ccccc1)c1ccccc1)c1ccc(F)cc1. The van der Waals surface area contributed by atoms with E-state index in [0.717, 1.165) is 16.7 Å². The number of ether oxygens (including phenoxy) is 1. The van der Waals surface area contributed by atoms with Gasteiger partial charge in [0.15, 0.2) is 0 Å². The predicted octanol–water partition coefficient (Wildman–Crippen LogP) is 4.57. The lowest BCUT2D eigenvalue weighted by Gasteiger charge is -2.22. The van der Waals surface area contributed by atoms with Gasteiger partial charge in [0, 0.05) is 19.4 Å². The maximum Gasteiger partial charge on any atom is 0.246 e. The van der Waals surface area contributed by atoms with Crippen molar-refractivity contribution in [2.75, 3.05) is 6.61 Å². The molecule has 3 aromatic carbocycles. The summed E-state index contributed by atoms with van der Waals surface area (Å²) in [6, 6.07) is 25.1. The first-order valence-electron chi connectivity index (χ1n) is 10.4. The van der Waals surface area contributed by atoms with Crippen LogP contribution in [0.2, 0.25) is 0 Å². The highest BCUT2D eigenvalue weighted by Crippen LogP contribution is 2.26. The lowest BCUT2D eigenvalue weighted by molar-refractivity contribution is -0.127. The summed E-state index contributed by atoms with van der Waals surface area (Å²) in [5, 5.41) is 2.98. The number of rotatable bonds is 8. The van der Waals surface area contributed by atoms with Crippen molar-refractivity contribution in [3.05, 3.63) is 126 Å². The Kier molecular flexibility index (Phi) is 6.72. The average Bonchev–Trinajstić information content (AvgIpc) is 3.25. The third kappa shape index (κ3) is 5.10. The Hall–Kier alpha value is -3.77. The second-order valence-electron chi connectivity index (χ2n) is 7.46. The van der Waals surface area contributed by atoms with Crippen molar-refractivity contribution in [1.82, 2.24) is 14.9 Å². The Morgan fingerprint density at radius 1 is 0.938 bits per heavy atom. The molecule has 0 aliphatic carbocycles. The fourth-order valence-corrected chi connectivity index (χ4v) is 3.61. The van der Waals surface area contributed by atoms with Crippen LogP contribution in [-0.4, -0.2) is 22.1 Å². The first-order chi connectivity index (χ1) is 15.6. The van der Waals surface area contributed by atoms with Gasteiger partial charge in [0.2, 0.25) is 5.91 Å². The number of imidazole rings is 1. The fourth-order valence-electron chi connectivity index (χ4n) is 3.61.